The first-order chi connectivity index (χ1) is 23.1. The third kappa shape index (κ3) is 9.10. The number of aromatic hydroxyl groups is 2. The molecular weight excluding hydrogens is 657 g/mol. The number of nitrogens with zero attached hydrogens (tertiary/aromatic N) is 1. The molecule has 0 unspecified atom stereocenters. The highest BCUT2D eigenvalue weighted by atomic mass is 32.1. The molecule has 254 valence electrons. The van der Waals surface area contributed by atoms with E-state index in [0.29, 0.717) is 28.5 Å². The van der Waals surface area contributed by atoms with Crippen LogP contribution in [0.1, 0.15) is 89.3 Å². The number of nitrogens with one attached hydrogen (secondary N) is 1. The summed E-state index contributed by atoms with van der Waals surface area (Å²) in [4.78, 5) is 35.9. The van der Waals surface area contributed by atoms with Gasteiger partial charge in [0.05, 0.1) is 34.2 Å². The second-order valence-corrected chi connectivity index (χ2v) is 15.0. The minimum absolute atomic E-state index is 0.0612. The molecule has 0 saturated heterocycles. The molecule has 0 atom stereocenters. The normalized spacial score (nSPS) is 11.5. The Balaban J connectivity index is 0.000000254. The van der Waals surface area contributed by atoms with Gasteiger partial charge in [-0.2, -0.15) is 5.10 Å². The molecular formula is C39H40N2O6S2. The van der Waals surface area contributed by atoms with Crippen molar-refractivity contribution < 1.29 is 29.3 Å². The van der Waals surface area contributed by atoms with E-state index in [1.54, 1.807) is 10.8 Å². The molecule has 1 amide bonds. The van der Waals surface area contributed by atoms with Crippen LogP contribution < -0.4 is 5.43 Å². The van der Waals surface area contributed by atoms with Crippen molar-refractivity contribution >= 4 is 47.1 Å². The van der Waals surface area contributed by atoms with E-state index in [1.807, 2.05) is 24.3 Å². The van der Waals surface area contributed by atoms with E-state index >= 15 is 0 Å². The number of hydrogen-bond acceptors (Lipinski definition) is 9. The fourth-order valence-corrected chi connectivity index (χ4v) is 6.49. The van der Waals surface area contributed by atoms with Crippen molar-refractivity contribution in [2.45, 2.75) is 52.4 Å². The predicted octanol–water partition coefficient (Wildman–Crippen LogP) is 9.20. The van der Waals surface area contributed by atoms with Crippen LogP contribution in [-0.4, -0.2) is 41.7 Å². The second kappa shape index (κ2) is 15.4. The first kappa shape index (κ1) is 36.8. The number of hydrazone groups is 1. The van der Waals surface area contributed by atoms with Gasteiger partial charge in [0, 0.05) is 21.9 Å². The molecule has 0 fully saturated rings. The number of carbonyl (C=O) groups excluding carboxylic acids is 3. The molecule has 3 N–H and O–H groups in total. The Bertz CT molecular complexity index is 1940. The number of carbonyl (C=O) groups is 3. The summed E-state index contributed by atoms with van der Waals surface area (Å²) in [7, 11) is 1.30. The van der Waals surface area contributed by atoms with E-state index in [2.05, 4.69) is 81.1 Å². The van der Waals surface area contributed by atoms with Crippen LogP contribution in [-0.2, 0) is 15.6 Å². The number of esters is 1. The molecule has 5 aromatic rings. The van der Waals surface area contributed by atoms with E-state index in [1.165, 1.54) is 71.4 Å². The molecule has 10 heteroatoms. The minimum atomic E-state index is -0.471. The number of benzene rings is 3. The molecule has 0 aliphatic carbocycles. The van der Waals surface area contributed by atoms with Crippen LogP contribution in [0.25, 0.3) is 20.9 Å². The predicted molar refractivity (Wildman–Crippen MR) is 198 cm³/mol. The topological polar surface area (TPSA) is 125 Å². The van der Waals surface area contributed by atoms with Crippen LogP contribution in [0, 0.1) is 0 Å². The summed E-state index contributed by atoms with van der Waals surface area (Å²) >= 11 is 2.79. The maximum Gasteiger partial charge on any atom is 0.337 e. The Labute approximate surface area is 294 Å². The Morgan fingerprint density at radius 3 is 1.53 bits per heavy atom. The van der Waals surface area contributed by atoms with Gasteiger partial charge >= 0.3 is 5.97 Å². The zero-order valence-electron chi connectivity index (χ0n) is 28.5. The van der Waals surface area contributed by atoms with Crippen molar-refractivity contribution in [2.75, 3.05) is 7.11 Å². The van der Waals surface area contributed by atoms with Gasteiger partial charge in [-0.3, -0.25) is 9.59 Å². The molecule has 0 aliphatic heterocycles. The maximum atomic E-state index is 12.2. The summed E-state index contributed by atoms with van der Waals surface area (Å²) < 4.78 is 4.63. The second-order valence-electron chi connectivity index (χ2n) is 13.3. The first-order valence-corrected chi connectivity index (χ1v) is 17.2. The fourth-order valence-electron chi connectivity index (χ4n) is 4.66. The Morgan fingerprint density at radius 1 is 0.694 bits per heavy atom. The molecule has 0 saturated carbocycles. The first-order valence-electron chi connectivity index (χ1n) is 15.4. The number of rotatable bonds is 7. The van der Waals surface area contributed by atoms with Gasteiger partial charge in [0.1, 0.15) is 11.5 Å². The summed E-state index contributed by atoms with van der Waals surface area (Å²) in [6.07, 6.45) is 2.08. The molecule has 0 bridgehead atoms. The number of methoxy groups -OCH3 is 1. The van der Waals surface area contributed by atoms with Crippen molar-refractivity contribution in [2.24, 2.45) is 5.10 Å². The van der Waals surface area contributed by atoms with E-state index in [0.717, 1.165) is 20.9 Å². The number of amides is 1. The van der Waals surface area contributed by atoms with Crippen LogP contribution in [0.3, 0.4) is 0 Å². The number of hydrogen-bond donors (Lipinski definition) is 3. The average Bonchev–Trinajstić information content (AvgIpc) is 3.65. The minimum Gasteiger partial charge on any atom is -0.506 e. The third-order valence-corrected chi connectivity index (χ3v) is 9.75. The van der Waals surface area contributed by atoms with E-state index in [4.69, 9.17) is 0 Å². The van der Waals surface area contributed by atoms with Crippen molar-refractivity contribution in [3.8, 4) is 32.4 Å². The zero-order valence-corrected chi connectivity index (χ0v) is 30.2. The average molecular weight is 697 g/mol. The number of ether oxygens (including phenoxy) is 1. The quantitative estimate of drug-likeness (QED) is 0.0675. The Hall–Kier alpha value is -5.06. The van der Waals surface area contributed by atoms with Crippen LogP contribution >= 0.6 is 22.7 Å². The van der Waals surface area contributed by atoms with Gasteiger partial charge in [0.25, 0.3) is 5.91 Å². The van der Waals surface area contributed by atoms with Crippen molar-refractivity contribution in [3.05, 3.63) is 117 Å². The molecule has 0 aliphatic rings. The lowest BCUT2D eigenvalue weighted by atomic mass is 9.86. The van der Waals surface area contributed by atoms with Gasteiger partial charge in [-0.25, -0.2) is 10.2 Å². The van der Waals surface area contributed by atoms with Crippen molar-refractivity contribution in [3.63, 3.8) is 0 Å². The van der Waals surface area contributed by atoms with Crippen molar-refractivity contribution in [1.82, 2.24) is 5.43 Å². The van der Waals surface area contributed by atoms with Gasteiger partial charge in [-0.15, -0.1) is 22.7 Å². The van der Waals surface area contributed by atoms with Crippen LogP contribution in [0.15, 0.2) is 88.7 Å². The summed E-state index contributed by atoms with van der Waals surface area (Å²) in [5, 5.41) is 27.8. The molecule has 2 aromatic heterocycles. The van der Waals surface area contributed by atoms with Crippen molar-refractivity contribution in [1.29, 1.82) is 0 Å². The molecule has 8 nitrogen and oxygen atoms in total. The Morgan fingerprint density at radius 2 is 1.12 bits per heavy atom. The summed E-state index contributed by atoms with van der Waals surface area (Å²) in [5.74, 6) is -0.699. The van der Waals surface area contributed by atoms with Crippen LogP contribution in [0.5, 0.6) is 11.5 Å². The fraction of sp³-hybridized carbons (Fsp3) is 0.231. The van der Waals surface area contributed by atoms with Gasteiger partial charge in [-0.05, 0) is 57.3 Å². The van der Waals surface area contributed by atoms with E-state index in [-0.39, 0.29) is 22.3 Å². The van der Waals surface area contributed by atoms with E-state index < -0.39 is 11.9 Å². The highest BCUT2D eigenvalue weighted by Crippen LogP contribution is 2.39. The molecule has 3 aromatic carbocycles. The molecule has 2 heterocycles. The monoisotopic (exact) mass is 696 g/mol. The lowest BCUT2D eigenvalue weighted by Crippen LogP contribution is -2.17. The molecule has 0 radical (unpaired) electrons. The standard InChI is InChI=1S/C24H24N2O4S.C15H16O2S/c1-24(2,3)19-11-9-15(10-12-19)21-20(27)18(14-31-21)13-25-26-22(28)16-5-7-17(8-6-16)23(29)30-4;1-15(2,3)12-6-4-10(5-7-12)14-13(17)11(8-16)9-18-14/h5-14,27H,1-4H3,(H,26,28);4-9,17H,1-3H3. The zero-order chi connectivity index (χ0) is 35.9. The lowest BCUT2D eigenvalue weighted by Gasteiger charge is -2.19. The SMILES string of the molecule is CC(C)(C)c1ccc(-c2scc(C=O)c2O)cc1.COC(=O)c1ccc(C(=O)NN=Cc2csc(-c3ccc(C(C)(C)C)cc3)c2O)cc1. The summed E-state index contributed by atoms with van der Waals surface area (Å²) in [6.45, 7) is 12.9. The summed E-state index contributed by atoms with van der Waals surface area (Å²) in [6, 6.07) is 22.3. The number of aldehydes is 1. The molecule has 5 rings (SSSR count). The maximum absolute atomic E-state index is 12.2. The molecule has 49 heavy (non-hydrogen) atoms. The van der Waals surface area contributed by atoms with Gasteiger partial charge < -0.3 is 14.9 Å². The third-order valence-electron chi connectivity index (χ3n) is 7.68. The van der Waals surface area contributed by atoms with Gasteiger partial charge in [0.2, 0.25) is 0 Å². The lowest BCUT2D eigenvalue weighted by molar-refractivity contribution is 0.0600. The highest BCUT2D eigenvalue weighted by Gasteiger charge is 2.17. The Kier molecular flexibility index (Phi) is 11.6. The smallest absolute Gasteiger partial charge is 0.337 e. The van der Waals surface area contributed by atoms with Gasteiger partial charge in [-0.1, -0.05) is 90.1 Å². The van der Waals surface area contributed by atoms with Crippen LogP contribution in [0.2, 0.25) is 0 Å². The highest BCUT2D eigenvalue weighted by molar-refractivity contribution is 7.14. The largest absolute Gasteiger partial charge is 0.506 e. The van der Waals surface area contributed by atoms with E-state index in [9.17, 15) is 24.6 Å². The van der Waals surface area contributed by atoms with Gasteiger partial charge in [0.15, 0.2) is 6.29 Å². The van der Waals surface area contributed by atoms with Crippen LogP contribution in [0.4, 0.5) is 0 Å². The summed E-state index contributed by atoms with van der Waals surface area (Å²) in [5.41, 5.74) is 8.50. The number of thiophene rings is 2. The molecule has 0 spiro atoms.